The molecule has 1 rings (SSSR count). The fourth-order valence-corrected chi connectivity index (χ4v) is 13.7. The highest BCUT2D eigenvalue weighted by Gasteiger charge is 2.71. The van der Waals surface area contributed by atoms with E-state index < -0.39 is 35.1 Å². The van der Waals surface area contributed by atoms with Crippen LogP contribution < -0.4 is 5.84 Å². The number of hydrogen-bond donors (Lipinski definition) is 1. The van der Waals surface area contributed by atoms with Crippen molar-refractivity contribution in [1.82, 2.24) is 8.99 Å². The smallest absolute Gasteiger partial charge is 0.309 e. The Morgan fingerprint density at radius 1 is 1.00 bits per heavy atom. The molecule has 0 saturated carbocycles. The first-order valence-electron chi connectivity index (χ1n) is 9.28. The highest BCUT2D eigenvalue weighted by atomic mass is 31.3. The molecule has 1 aliphatic heterocycles. The van der Waals surface area contributed by atoms with E-state index in [1.165, 1.54) is 20.8 Å². The minimum Gasteiger partial charge on any atom is -0.309 e. The second kappa shape index (κ2) is 11.2. The lowest BCUT2D eigenvalue weighted by Crippen LogP contribution is -2.45. The third kappa shape index (κ3) is 5.05. The summed E-state index contributed by atoms with van der Waals surface area (Å²) in [4.78, 5) is 38.0. The van der Waals surface area contributed by atoms with Gasteiger partial charge in [0.15, 0.2) is 5.52 Å². The van der Waals surface area contributed by atoms with E-state index in [-0.39, 0.29) is 25.3 Å². The molecule has 1 aliphatic rings. The third-order valence-electron chi connectivity index (χ3n) is 3.55. The standard InChI is InChI=1S/C15H32N4O6P3/c1-7-10-23-27(15(6)22)18(13(4)20)26(14(5)21)17-28(19(27)16,24-11-8-2)25-12-9-3/h7-12,16H2,1-6H3/q+1. The maximum absolute atomic E-state index is 12.9. The summed E-state index contributed by atoms with van der Waals surface area (Å²) in [5.74, 6) is 5.96. The van der Waals surface area contributed by atoms with Gasteiger partial charge in [-0.25, -0.2) is 10.6 Å². The molecule has 162 valence electrons. The van der Waals surface area contributed by atoms with Crippen molar-refractivity contribution in [2.45, 2.75) is 60.8 Å². The van der Waals surface area contributed by atoms with Gasteiger partial charge in [0.05, 0.1) is 19.8 Å². The summed E-state index contributed by atoms with van der Waals surface area (Å²) in [6.07, 6.45) is 1.92. The lowest BCUT2D eigenvalue weighted by atomic mass is 10.5. The first-order valence-corrected chi connectivity index (χ1v) is 13.7. The van der Waals surface area contributed by atoms with Crippen LogP contribution >= 0.6 is 23.7 Å². The molecule has 10 nitrogen and oxygen atoms in total. The molecule has 0 aromatic heterocycles. The summed E-state index contributed by atoms with van der Waals surface area (Å²) in [7, 11) is -9.01. The minimum atomic E-state index is -3.58. The number of carbonyl (C=O) groups is 3. The number of hydrogen-bond acceptors (Lipinski definition) is 9. The Balaban J connectivity index is 3.81. The van der Waals surface area contributed by atoms with Crippen LogP contribution in [0.25, 0.3) is 0 Å². The fraction of sp³-hybridized carbons (Fsp3) is 0.800. The summed E-state index contributed by atoms with van der Waals surface area (Å²) in [6, 6.07) is 0. The van der Waals surface area contributed by atoms with E-state index in [1.54, 1.807) is 0 Å². The third-order valence-corrected chi connectivity index (χ3v) is 13.2. The van der Waals surface area contributed by atoms with Crippen LogP contribution in [0.4, 0.5) is 0 Å². The second-order valence-corrected chi connectivity index (χ2v) is 13.8. The number of rotatable bonds is 11. The maximum Gasteiger partial charge on any atom is 0.414 e. The van der Waals surface area contributed by atoms with E-state index >= 15 is 0 Å². The number of nitrogens with zero attached hydrogens (tertiary/aromatic N) is 3. The zero-order valence-electron chi connectivity index (χ0n) is 17.5. The van der Waals surface area contributed by atoms with Gasteiger partial charge in [-0.2, -0.15) is 9.04 Å². The first-order chi connectivity index (χ1) is 13.1. The van der Waals surface area contributed by atoms with Gasteiger partial charge in [-0.15, -0.1) is 4.44 Å². The quantitative estimate of drug-likeness (QED) is 0.357. The predicted molar refractivity (Wildman–Crippen MR) is 112 cm³/mol. The van der Waals surface area contributed by atoms with E-state index in [4.69, 9.17) is 19.4 Å². The zero-order chi connectivity index (χ0) is 21.5. The van der Waals surface area contributed by atoms with Crippen molar-refractivity contribution in [3.05, 3.63) is 0 Å². The van der Waals surface area contributed by atoms with Gasteiger partial charge >= 0.3 is 21.0 Å². The van der Waals surface area contributed by atoms with Gasteiger partial charge in [-0.05, 0) is 19.3 Å². The summed E-state index contributed by atoms with van der Waals surface area (Å²) < 4.78 is 24.8. The molecule has 28 heavy (non-hydrogen) atoms. The molecule has 2 atom stereocenters. The predicted octanol–water partition coefficient (Wildman–Crippen LogP) is 4.42. The first kappa shape index (κ1) is 25.7. The Hall–Kier alpha value is -0.300. The van der Waals surface area contributed by atoms with E-state index in [0.29, 0.717) is 19.3 Å². The van der Waals surface area contributed by atoms with Crippen molar-refractivity contribution in [1.29, 1.82) is 0 Å². The van der Waals surface area contributed by atoms with Gasteiger partial charge < -0.3 is 9.05 Å². The maximum atomic E-state index is 12.9. The molecule has 0 spiro atoms. The Kier molecular flexibility index (Phi) is 10.3. The Morgan fingerprint density at radius 3 is 1.86 bits per heavy atom. The normalized spacial score (nSPS) is 24.7. The van der Waals surface area contributed by atoms with Crippen molar-refractivity contribution < 1.29 is 28.0 Å². The molecule has 0 bridgehead atoms. The molecule has 0 saturated heterocycles. The molecule has 13 heteroatoms. The molecular formula is C15H32N4O6P3+. The molecule has 2 N–H and O–H groups in total. The Labute approximate surface area is 169 Å². The van der Waals surface area contributed by atoms with E-state index in [9.17, 15) is 14.4 Å². The van der Waals surface area contributed by atoms with Gasteiger partial charge in [-0.1, -0.05) is 20.8 Å². The molecule has 1 heterocycles. The van der Waals surface area contributed by atoms with Crippen LogP contribution in [0.3, 0.4) is 0 Å². The monoisotopic (exact) mass is 457 g/mol. The van der Waals surface area contributed by atoms with E-state index in [2.05, 4.69) is 4.52 Å². The Bertz CT molecular complexity index is 637. The lowest BCUT2D eigenvalue weighted by Gasteiger charge is -2.44. The van der Waals surface area contributed by atoms with E-state index in [0.717, 1.165) is 8.99 Å². The topological polar surface area (TPSA) is 124 Å². The molecule has 1 amide bonds. The van der Waals surface area contributed by atoms with Crippen molar-refractivity contribution in [2.24, 2.45) is 10.4 Å². The average molecular weight is 457 g/mol. The SMILES string of the molecule is CCCOP1(OCCC)=NP(C(C)=O)N(C(C)=O)[P+](OCCC)(C(C)=O)N1N. The summed E-state index contributed by atoms with van der Waals surface area (Å²) >= 11 is 0. The van der Waals surface area contributed by atoms with Crippen LogP contribution in [-0.2, 0) is 28.0 Å². The largest absolute Gasteiger partial charge is 0.414 e. The van der Waals surface area contributed by atoms with Crippen LogP contribution in [0.1, 0.15) is 60.8 Å². The number of nitrogens with two attached hydrogens (primary N) is 1. The van der Waals surface area contributed by atoms with Gasteiger partial charge in [0, 0.05) is 25.3 Å². The number of amides is 1. The van der Waals surface area contributed by atoms with Crippen LogP contribution in [0.5, 0.6) is 0 Å². The van der Waals surface area contributed by atoms with Crippen LogP contribution in [-0.4, -0.2) is 45.8 Å². The minimum absolute atomic E-state index is 0.188. The van der Waals surface area contributed by atoms with Gasteiger partial charge in [0.2, 0.25) is 8.22 Å². The van der Waals surface area contributed by atoms with Crippen molar-refractivity contribution in [3.63, 3.8) is 0 Å². The van der Waals surface area contributed by atoms with Crippen LogP contribution in [0.2, 0.25) is 0 Å². The van der Waals surface area contributed by atoms with Crippen molar-refractivity contribution >= 4 is 40.6 Å². The molecule has 0 aromatic carbocycles. The van der Waals surface area contributed by atoms with E-state index in [1.807, 2.05) is 20.8 Å². The number of hydrazine groups is 1. The second-order valence-electron chi connectivity index (χ2n) is 6.08. The molecule has 0 aliphatic carbocycles. The summed E-state index contributed by atoms with van der Waals surface area (Å²) in [5, 5.41) is 0. The molecule has 0 fully saturated rings. The molecule has 2 unspecified atom stereocenters. The molecule has 0 radical (unpaired) electrons. The zero-order valence-corrected chi connectivity index (χ0v) is 20.1. The summed E-state index contributed by atoms with van der Waals surface area (Å²) in [6.45, 7) is 10.4. The van der Waals surface area contributed by atoms with Gasteiger partial charge in [0.1, 0.15) is 0 Å². The van der Waals surface area contributed by atoms with Crippen molar-refractivity contribution in [2.75, 3.05) is 19.8 Å². The van der Waals surface area contributed by atoms with Gasteiger partial charge in [-0.3, -0.25) is 9.59 Å². The fourth-order valence-electron chi connectivity index (χ4n) is 2.39. The highest BCUT2D eigenvalue weighted by Crippen LogP contribution is 2.86. The summed E-state index contributed by atoms with van der Waals surface area (Å²) in [5.41, 5.74) is -0.791. The molecular weight excluding hydrogens is 425 g/mol. The average Bonchev–Trinajstić information content (AvgIpc) is 2.64. The number of carbonyl (C=O) groups excluding carboxylic acids is 3. The van der Waals surface area contributed by atoms with Crippen LogP contribution in [0.15, 0.2) is 4.52 Å². The Morgan fingerprint density at radius 2 is 1.50 bits per heavy atom. The lowest BCUT2D eigenvalue weighted by molar-refractivity contribution is -0.123. The highest BCUT2D eigenvalue weighted by molar-refractivity contribution is 7.99. The van der Waals surface area contributed by atoms with Gasteiger partial charge in [0.25, 0.3) is 5.91 Å². The molecule has 0 aromatic rings. The van der Waals surface area contributed by atoms with Crippen LogP contribution in [0, 0.1) is 0 Å². The van der Waals surface area contributed by atoms with Crippen molar-refractivity contribution in [3.8, 4) is 0 Å².